The standard InChI is InChI=1S/C23H25F2N3O5/c24-23(25)11-22(12-23)6-14(7-22)10-33-21(32)26-8-13-1-2-15-9-28(20(31)16(15)5-13)17-3-4-18(29)27-19(17)30/h1-2,5,14,17H,3-4,6-12H2,(H,26,32)(H,27,29,30). The van der Waals surface area contributed by atoms with Crippen LogP contribution in [0.25, 0.3) is 0 Å². The van der Waals surface area contributed by atoms with E-state index in [1.54, 1.807) is 18.2 Å². The summed E-state index contributed by atoms with van der Waals surface area (Å²) in [7, 11) is 0. The fraction of sp³-hybridized carbons (Fsp3) is 0.565. The molecule has 0 radical (unpaired) electrons. The number of ether oxygens (including phenoxy) is 1. The summed E-state index contributed by atoms with van der Waals surface area (Å²) < 4.78 is 31.4. The summed E-state index contributed by atoms with van der Waals surface area (Å²) in [5, 5.41) is 4.92. The van der Waals surface area contributed by atoms with Crippen LogP contribution >= 0.6 is 0 Å². The summed E-state index contributed by atoms with van der Waals surface area (Å²) in [5.74, 6) is -3.46. The van der Waals surface area contributed by atoms with Gasteiger partial charge in [0.05, 0.1) is 6.61 Å². The Bertz CT molecular complexity index is 1030. The molecule has 8 nitrogen and oxygen atoms in total. The Morgan fingerprint density at radius 1 is 1.21 bits per heavy atom. The number of nitrogens with one attached hydrogen (secondary N) is 2. The third-order valence-corrected chi connectivity index (χ3v) is 7.19. The molecule has 0 bridgehead atoms. The van der Waals surface area contributed by atoms with Crippen molar-refractivity contribution in [2.45, 2.75) is 63.6 Å². The first-order chi connectivity index (χ1) is 15.6. The van der Waals surface area contributed by atoms with E-state index in [1.807, 2.05) is 0 Å². The lowest BCUT2D eigenvalue weighted by Crippen LogP contribution is -2.54. The van der Waals surface area contributed by atoms with Gasteiger partial charge in [-0.1, -0.05) is 12.1 Å². The zero-order valence-corrected chi connectivity index (χ0v) is 18.0. The van der Waals surface area contributed by atoms with Gasteiger partial charge in [0.1, 0.15) is 6.04 Å². The molecular formula is C23H25F2N3O5. The minimum Gasteiger partial charge on any atom is -0.449 e. The quantitative estimate of drug-likeness (QED) is 0.656. The minimum absolute atomic E-state index is 0.0548. The second-order valence-corrected chi connectivity index (χ2v) is 9.83. The van der Waals surface area contributed by atoms with E-state index >= 15 is 0 Å². The normalized spacial score (nSPS) is 25.2. The summed E-state index contributed by atoms with van der Waals surface area (Å²) in [6.45, 7) is 0.673. The Hall–Kier alpha value is -3.04. The number of carbonyl (C=O) groups is 4. The predicted octanol–water partition coefficient (Wildman–Crippen LogP) is 2.50. The Labute approximate surface area is 189 Å². The maximum atomic E-state index is 13.1. The molecule has 10 heteroatoms. The number of fused-ring (bicyclic) bond motifs is 1. The maximum Gasteiger partial charge on any atom is 0.407 e. The number of nitrogens with zero attached hydrogens (tertiary/aromatic N) is 1. The van der Waals surface area contributed by atoms with Crippen molar-refractivity contribution >= 4 is 23.8 Å². The summed E-state index contributed by atoms with van der Waals surface area (Å²) in [6.07, 6.45) is 1.14. The summed E-state index contributed by atoms with van der Waals surface area (Å²) in [6, 6.07) is 4.61. The fourth-order valence-corrected chi connectivity index (χ4v) is 5.75. The first-order valence-electron chi connectivity index (χ1n) is 11.2. The molecule has 4 aliphatic rings. The van der Waals surface area contributed by atoms with Crippen molar-refractivity contribution in [2.75, 3.05) is 6.61 Å². The van der Waals surface area contributed by atoms with Gasteiger partial charge in [0.25, 0.3) is 5.91 Å². The SMILES string of the molecule is O=C1CCC(N2Cc3ccc(CNC(=O)OCC4CC5(C4)CC(F)(F)C5)cc3C2=O)C(=O)N1. The van der Waals surface area contributed by atoms with Crippen molar-refractivity contribution in [2.24, 2.45) is 11.3 Å². The van der Waals surface area contributed by atoms with E-state index in [-0.39, 0.29) is 55.6 Å². The van der Waals surface area contributed by atoms with Crippen molar-refractivity contribution in [1.82, 2.24) is 15.5 Å². The monoisotopic (exact) mass is 461 g/mol. The molecule has 0 aromatic heterocycles. The smallest absolute Gasteiger partial charge is 0.407 e. The summed E-state index contributed by atoms with van der Waals surface area (Å²) in [4.78, 5) is 49.9. The predicted molar refractivity (Wildman–Crippen MR) is 110 cm³/mol. The minimum atomic E-state index is -2.53. The summed E-state index contributed by atoms with van der Waals surface area (Å²) in [5.41, 5.74) is 1.73. The van der Waals surface area contributed by atoms with Gasteiger partial charge in [0.15, 0.2) is 0 Å². The largest absolute Gasteiger partial charge is 0.449 e. The molecule has 2 aliphatic carbocycles. The number of imide groups is 1. The second kappa shape index (κ2) is 7.78. The third-order valence-electron chi connectivity index (χ3n) is 7.19. The fourth-order valence-electron chi connectivity index (χ4n) is 5.75. The van der Waals surface area contributed by atoms with E-state index in [0.717, 1.165) is 5.56 Å². The number of benzene rings is 1. The molecule has 1 spiro atoms. The molecule has 1 atom stereocenters. The maximum absolute atomic E-state index is 13.1. The van der Waals surface area contributed by atoms with Crippen molar-refractivity contribution in [3.63, 3.8) is 0 Å². The highest BCUT2D eigenvalue weighted by molar-refractivity contribution is 6.05. The van der Waals surface area contributed by atoms with Crippen molar-refractivity contribution in [3.8, 4) is 0 Å². The molecule has 1 saturated heterocycles. The van der Waals surface area contributed by atoms with E-state index in [2.05, 4.69) is 10.6 Å². The zero-order chi connectivity index (χ0) is 23.4. The zero-order valence-electron chi connectivity index (χ0n) is 18.0. The second-order valence-electron chi connectivity index (χ2n) is 9.83. The van der Waals surface area contributed by atoms with Crippen LogP contribution in [0.2, 0.25) is 0 Å². The molecule has 176 valence electrons. The highest BCUT2D eigenvalue weighted by Gasteiger charge is 2.61. The number of rotatable bonds is 5. The first-order valence-corrected chi connectivity index (χ1v) is 11.2. The van der Waals surface area contributed by atoms with Gasteiger partial charge in [-0.25, -0.2) is 13.6 Å². The van der Waals surface area contributed by atoms with E-state index in [9.17, 15) is 28.0 Å². The molecular weight excluding hydrogens is 436 g/mol. The average molecular weight is 461 g/mol. The molecule has 2 aliphatic heterocycles. The van der Waals surface area contributed by atoms with E-state index in [4.69, 9.17) is 4.74 Å². The number of amides is 4. The number of halogens is 2. The van der Waals surface area contributed by atoms with Gasteiger partial charge >= 0.3 is 6.09 Å². The average Bonchev–Trinajstić information content (AvgIpc) is 3.03. The van der Waals surface area contributed by atoms with E-state index < -0.39 is 24.0 Å². The molecule has 1 unspecified atom stereocenters. The highest BCUT2D eigenvalue weighted by atomic mass is 19.3. The Balaban J connectivity index is 1.09. The molecule has 33 heavy (non-hydrogen) atoms. The van der Waals surface area contributed by atoms with Crippen LogP contribution in [0.3, 0.4) is 0 Å². The van der Waals surface area contributed by atoms with Gasteiger partial charge in [-0.05, 0) is 47.8 Å². The van der Waals surface area contributed by atoms with Gasteiger partial charge in [0.2, 0.25) is 17.7 Å². The van der Waals surface area contributed by atoms with Gasteiger partial charge in [0, 0.05) is 37.9 Å². The third kappa shape index (κ3) is 4.18. The van der Waals surface area contributed by atoms with Crippen LogP contribution in [0, 0.1) is 11.3 Å². The van der Waals surface area contributed by atoms with Gasteiger partial charge < -0.3 is 15.0 Å². The van der Waals surface area contributed by atoms with Gasteiger partial charge in [-0.15, -0.1) is 0 Å². The van der Waals surface area contributed by atoms with Crippen LogP contribution in [-0.2, 0) is 27.4 Å². The molecule has 2 saturated carbocycles. The molecule has 1 aromatic carbocycles. The van der Waals surface area contributed by atoms with Crippen LogP contribution in [-0.4, -0.2) is 47.3 Å². The lowest BCUT2D eigenvalue weighted by Gasteiger charge is -2.57. The van der Waals surface area contributed by atoms with Crippen molar-refractivity contribution < 1.29 is 32.7 Å². The molecule has 2 N–H and O–H groups in total. The van der Waals surface area contributed by atoms with Crippen molar-refractivity contribution in [3.05, 3.63) is 34.9 Å². The van der Waals surface area contributed by atoms with Crippen LogP contribution in [0.15, 0.2) is 18.2 Å². The Kier molecular flexibility index (Phi) is 5.13. The van der Waals surface area contributed by atoms with Crippen LogP contribution in [0.5, 0.6) is 0 Å². The summed E-state index contributed by atoms with van der Waals surface area (Å²) >= 11 is 0. The molecule has 1 aromatic rings. The number of hydrogen-bond acceptors (Lipinski definition) is 5. The lowest BCUT2D eigenvalue weighted by molar-refractivity contribution is -0.210. The number of hydrogen-bond donors (Lipinski definition) is 2. The molecule has 2 heterocycles. The van der Waals surface area contributed by atoms with Gasteiger partial charge in [-0.2, -0.15) is 0 Å². The van der Waals surface area contributed by atoms with Crippen LogP contribution in [0.1, 0.15) is 60.0 Å². The molecule has 5 rings (SSSR count). The van der Waals surface area contributed by atoms with E-state index in [0.29, 0.717) is 36.9 Å². The Morgan fingerprint density at radius 2 is 1.97 bits per heavy atom. The highest BCUT2D eigenvalue weighted by Crippen LogP contribution is 2.64. The van der Waals surface area contributed by atoms with Crippen LogP contribution in [0.4, 0.5) is 13.6 Å². The lowest BCUT2D eigenvalue weighted by atomic mass is 9.50. The number of carbonyl (C=O) groups excluding carboxylic acids is 4. The first kappa shape index (κ1) is 21.8. The molecule has 4 amide bonds. The Morgan fingerprint density at radius 3 is 2.67 bits per heavy atom. The topological polar surface area (TPSA) is 105 Å². The van der Waals surface area contributed by atoms with Crippen LogP contribution < -0.4 is 10.6 Å². The number of piperidine rings is 1. The molecule has 3 fully saturated rings. The van der Waals surface area contributed by atoms with Crippen molar-refractivity contribution in [1.29, 1.82) is 0 Å². The van der Waals surface area contributed by atoms with E-state index in [1.165, 1.54) is 4.90 Å². The number of alkyl halides is 2. The number of alkyl carbamates (subject to hydrolysis) is 1. The van der Waals surface area contributed by atoms with Gasteiger partial charge in [-0.3, -0.25) is 19.7 Å².